The Labute approximate surface area is 108 Å². The molecule has 0 unspecified atom stereocenters. The van der Waals surface area contributed by atoms with E-state index in [9.17, 15) is 9.90 Å². The summed E-state index contributed by atoms with van der Waals surface area (Å²) in [5, 5.41) is 9.42. The van der Waals surface area contributed by atoms with Gasteiger partial charge < -0.3 is 10.0 Å². The molecule has 2 rings (SSSR count). The van der Waals surface area contributed by atoms with Crippen molar-refractivity contribution in [3.63, 3.8) is 0 Å². The molecule has 1 aliphatic heterocycles. The quantitative estimate of drug-likeness (QED) is 0.828. The smallest absolute Gasteiger partial charge is 0.164 e. The fourth-order valence-corrected chi connectivity index (χ4v) is 2.37. The number of likely N-dealkylation sites (tertiary alicyclic amines) is 1. The summed E-state index contributed by atoms with van der Waals surface area (Å²) >= 11 is 0. The molecule has 0 amide bonds. The van der Waals surface area contributed by atoms with Crippen molar-refractivity contribution in [1.29, 1.82) is 0 Å². The van der Waals surface area contributed by atoms with Gasteiger partial charge in [-0.3, -0.25) is 4.79 Å². The Kier molecular flexibility index (Phi) is 4.50. The molecule has 0 aliphatic carbocycles. The summed E-state index contributed by atoms with van der Waals surface area (Å²) in [5.74, 6) is 0.213. The highest BCUT2D eigenvalue weighted by Gasteiger charge is 2.17. The molecule has 1 aromatic rings. The minimum atomic E-state index is -0.145. The van der Waals surface area contributed by atoms with Crippen LogP contribution in [0.25, 0.3) is 0 Å². The van der Waals surface area contributed by atoms with Gasteiger partial charge in [0.1, 0.15) is 0 Å². The highest BCUT2D eigenvalue weighted by Crippen LogP contribution is 2.12. The van der Waals surface area contributed by atoms with Crippen molar-refractivity contribution in [3.8, 4) is 0 Å². The molecule has 3 heteroatoms. The first kappa shape index (κ1) is 13.2. The zero-order valence-electron chi connectivity index (χ0n) is 10.9. The lowest BCUT2D eigenvalue weighted by Gasteiger charge is -2.29. The number of carbonyl (C=O) groups excluding carboxylic acids is 1. The van der Waals surface area contributed by atoms with Crippen LogP contribution in [0.5, 0.6) is 0 Å². The van der Waals surface area contributed by atoms with Gasteiger partial charge in [0, 0.05) is 31.6 Å². The van der Waals surface area contributed by atoms with E-state index in [0.717, 1.165) is 43.6 Å². The van der Waals surface area contributed by atoms with Crippen molar-refractivity contribution in [2.24, 2.45) is 0 Å². The van der Waals surface area contributed by atoms with Crippen molar-refractivity contribution < 1.29 is 9.90 Å². The Balaban J connectivity index is 1.81. The molecule has 0 saturated carbocycles. The fourth-order valence-electron chi connectivity index (χ4n) is 2.37. The molecule has 3 nitrogen and oxygen atoms in total. The molecule has 0 bridgehead atoms. The van der Waals surface area contributed by atoms with Crippen LogP contribution in [-0.4, -0.2) is 41.5 Å². The van der Waals surface area contributed by atoms with Crippen molar-refractivity contribution in [2.75, 3.05) is 19.6 Å². The number of Topliss-reactive ketones (excluding diaryl/α,β-unsaturated/α-hetero) is 1. The third kappa shape index (κ3) is 3.65. The zero-order chi connectivity index (χ0) is 13.0. The van der Waals surface area contributed by atoms with E-state index in [1.807, 2.05) is 31.2 Å². The van der Waals surface area contributed by atoms with Crippen LogP contribution in [0, 0.1) is 6.92 Å². The van der Waals surface area contributed by atoms with Gasteiger partial charge in [-0.1, -0.05) is 23.8 Å². The largest absolute Gasteiger partial charge is 0.393 e. The summed E-state index contributed by atoms with van der Waals surface area (Å²) in [6, 6.07) is 7.76. The number of aliphatic hydroxyl groups is 1. The highest BCUT2D eigenvalue weighted by molar-refractivity contribution is 5.96. The van der Waals surface area contributed by atoms with Gasteiger partial charge in [-0.05, 0) is 25.8 Å². The second-order valence-electron chi connectivity index (χ2n) is 5.12. The number of hydrogen-bond acceptors (Lipinski definition) is 3. The van der Waals surface area contributed by atoms with Crippen LogP contribution in [0.1, 0.15) is 35.2 Å². The third-order valence-corrected chi connectivity index (χ3v) is 3.55. The molecule has 0 spiro atoms. The van der Waals surface area contributed by atoms with Gasteiger partial charge in [-0.25, -0.2) is 0 Å². The highest BCUT2D eigenvalue weighted by atomic mass is 16.3. The fraction of sp³-hybridized carbons (Fsp3) is 0.533. The zero-order valence-corrected chi connectivity index (χ0v) is 10.9. The van der Waals surface area contributed by atoms with E-state index in [-0.39, 0.29) is 11.9 Å². The van der Waals surface area contributed by atoms with E-state index in [4.69, 9.17) is 0 Å². The molecule has 98 valence electrons. The topological polar surface area (TPSA) is 40.5 Å². The predicted molar refractivity (Wildman–Crippen MR) is 71.8 cm³/mol. The summed E-state index contributed by atoms with van der Waals surface area (Å²) in [5.41, 5.74) is 1.94. The lowest BCUT2D eigenvalue weighted by molar-refractivity contribution is 0.0778. The number of nitrogens with zero attached hydrogens (tertiary/aromatic N) is 1. The lowest BCUT2D eigenvalue weighted by Crippen LogP contribution is -2.37. The molecule has 1 N–H and O–H groups in total. The van der Waals surface area contributed by atoms with Crippen molar-refractivity contribution in [1.82, 2.24) is 4.90 Å². The molecular formula is C15H21NO2. The summed E-state index contributed by atoms with van der Waals surface area (Å²) in [6.45, 7) is 4.62. The van der Waals surface area contributed by atoms with Gasteiger partial charge >= 0.3 is 0 Å². The van der Waals surface area contributed by atoms with E-state index in [0.29, 0.717) is 6.42 Å². The Morgan fingerprint density at radius 1 is 1.39 bits per heavy atom. The molecule has 1 fully saturated rings. The van der Waals surface area contributed by atoms with Crippen molar-refractivity contribution in [2.45, 2.75) is 32.3 Å². The van der Waals surface area contributed by atoms with E-state index in [2.05, 4.69) is 4.90 Å². The minimum absolute atomic E-state index is 0.145. The van der Waals surface area contributed by atoms with Crippen molar-refractivity contribution >= 4 is 5.78 Å². The first-order valence-electron chi connectivity index (χ1n) is 6.65. The molecule has 1 saturated heterocycles. The van der Waals surface area contributed by atoms with Crippen molar-refractivity contribution in [3.05, 3.63) is 35.4 Å². The monoisotopic (exact) mass is 247 g/mol. The Hall–Kier alpha value is -1.19. The van der Waals surface area contributed by atoms with Crippen LogP contribution >= 0.6 is 0 Å². The molecule has 18 heavy (non-hydrogen) atoms. The second-order valence-corrected chi connectivity index (χ2v) is 5.12. The number of piperidine rings is 1. The normalized spacial score (nSPS) is 17.9. The van der Waals surface area contributed by atoms with Gasteiger partial charge in [0.2, 0.25) is 0 Å². The molecule has 1 aliphatic rings. The van der Waals surface area contributed by atoms with Crippen LogP contribution in [0.4, 0.5) is 0 Å². The average molecular weight is 247 g/mol. The molecular weight excluding hydrogens is 226 g/mol. The number of carbonyl (C=O) groups is 1. The number of hydrogen-bond donors (Lipinski definition) is 1. The standard InChI is InChI=1S/C15H21NO2/c1-12-3-2-4-13(11-12)15(18)7-10-16-8-5-14(17)6-9-16/h2-4,11,14,17H,5-10H2,1H3. The number of aryl methyl sites for hydroxylation is 1. The van der Waals surface area contributed by atoms with Gasteiger partial charge in [0.15, 0.2) is 5.78 Å². The summed E-state index contributed by atoms with van der Waals surface area (Å²) in [4.78, 5) is 14.3. The SMILES string of the molecule is Cc1cccc(C(=O)CCN2CCC(O)CC2)c1. The van der Waals surface area contributed by atoms with Crippen LogP contribution in [0.2, 0.25) is 0 Å². The van der Waals surface area contributed by atoms with Gasteiger partial charge in [-0.2, -0.15) is 0 Å². The first-order chi connectivity index (χ1) is 8.65. The maximum Gasteiger partial charge on any atom is 0.164 e. The third-order valence-electron chi connectivity index (χ3n) is 3.55. The maximum absolute atomic E-state index is 12.0. The average Bonchev–Trinajstić information content (AvgIpc) is 2.38. The maximum atomic E-state index is 12.0. The Morgan fingerprint density at radius 2 is 2.11 bits per heavy atom. The number of aliphatic hydroxyl groups excluding tert-OH is 1. The molecule has 0 radical (unpaired) electrons. The lowest BCUT2D eigenvalue weighted by atomic mass is 10.0. The Bertz CT molecular complexity index is 409. The van der Waals surface area contributed by atoms with E-state index in [1.54, 1.807) is 0 Å². The molecule has 0 aromatic heterocycles. The van der Waals surface area contributed by atoms with Crippen LogP contribution in [-0.2, 0) is 0 Å². The number of ketones is 1. The molecule has 0 atom stereocenters. The van der Waals surface area contributed by atoms with Crippen LogP contribution in [0.3, 0.4) is 0 Å². The van der Waals surface area contributed by atoms with Crippen LogP contribution in [0.15, 0.2) is 24.3 Å². The van der Waals surface area contributed by atoms with Crippen LogP contribution < -0.4 is 0 Å². The van der Waals surface area contributed by atoms with Gasteiger partial charge in [-0.15, -0.1) is 0 Å². The predicted octanol–water partition coefficient (Wildman–Crippen LogP) is 2.02. The molecule has 1 heterocycles. The summed E-state index contributed by atoms with van der Waals surface area (Å²) in [6.07, 6.45) is 2.09. The minimum Gasteiger partial charge on any atom is -0.393 e. The number of rotatable bonds is 4. The number of benzene rings is 1. The first-order valence-corrected chi connectivity index (χ1v) is 6.65. The summed E-state index contributed by atoms with van der Waals surface area (Å²) < 4.78 is 0. The van der Waals surface area contributed by atoms with E-state index < -0.39 is 0 Å². The van der Waals surface area contributed by atoms with Gasteiger partial charge in [0.25, 0.3) is 0 Å². The molecule has 1 aromatic carbocycles. The van der Waals surface area contributed by atoms with Gasteiger partial charge in [0.05, 0.1) is 6.10 Å². The van der Waals surface area contributed by atoms with E-state index in [1.165, 1.54) is 0 Å². The second kappa shape index (κ2) is 6.12. The van der Waals surface area contributed by atoms with E-state index >= 15 is 0 Å². The summed E-state index contributed by atoms with van der Waals surface area (Å²) in [7, 11) is 0. The Morgan fingerprint density at radius 3 is 2.78 bits per heavy atom.